The quantitative estimate of drug-likeness (QED) is 0.295. The van der Waals surface area contributed by atoms with Crippen LogP contribution in [-0.2, 0) is 0 Å². The van der Waals surface area contributed by atoms with Gasteiger partial charge in [0.05, 0.1) is 26.9 Å². The number of halogens is 4. The molecule has 4 saturated heterocycles. The molecule has 0 bridgehead atoms. The molecule has 48 heavy (non-hydrogen) atoms. The number of hydrogen-bond donors (Lipinski definition) is 2. The van der Waals surface area contributed by atoms with Crippen molar-refractivity contribution in [1.82, 2.24) is 29.7 Å². The Kier molecular flexibility index (Phi) is 7.92. The van der Waals surface area contributed by atoms with Gasteiger partial charge in [0.1, 0.15) is 29.9 Å². The monoisotopic (exact) mass is 701 g/mol. The van der Waals surface area contributed by atoms with Crippen molar-refractivity contribution in [1.29, 1.82) is 0 Å². The molecule has 4 fully saturated rings. The molecule has 2 aromatic carbocycles. The van der Waals surface area contributed by atoms with Crippen LogP contribution < -0.4 is 21.1 Å². The van der Waals surface area contributed by atoms with Gasteiger partial charge in [0.2, 0.25) is 0 Å². The summed E-state index contributed by atoms with van der Waals surface area (Å²) in [6, 6.07) is 4.13. The number of amides is 2. The van der Waals surface area contributed by atoms with E-state index in [-0.39, 0.29) is 61.8 Å². The molecule has 4 N–H and O–H groups in total. The molecule has 8 rings (SSSR count). The zero-order valence-corrected chi connectivity index (χ0v) is 27.7. The summed E-state index contributed by atoms with van der Waals surface area (Å²) in [4.78, 5) is 34.3. The van der Waals surface area contributed by atoms with Gasteiger partial charge in [0.15, 0.2) is 10.9 Å². The van der Waals surface area contributed by atoms with E-state index in [9.17, 15) is 13.6 Å². The van der Waals surface area contributed by atoms with Gasteiger partial charge in [-0.3, -0.25) is 4.90 Å². The minimum absolute atomic E-state index is 0.00483. The third-order valence-electron chi connectivity index (χ3n) is 10.2. The normalized spacial score (nSPS) is 24.7. The second-order valence-corrected chi connectivity index (χ2v) is 14.6. The molecule has 11 nitrogen and oxygen atoms in total. The number of benzene rings is 2. The zero-order chi connectivity index (χ0) is 33.3. The fourth-order valence-corrected chi connectivity index (χ4v) is 8.76. The maximum absolute atomic E-state index is 16.9. The van der Waals surface area contributed by atoms with Gasteiger partial charge in [-0.1, -0.05) is 22.9 Å². The predicted molar refractivity (Wildman–Crippen MR) is 179 cm³/mol. The first-order valence-electron chi connectivity index (χ1n) is 16.2. The van der Waals surface area contributed by atoms with Crippen LogP contribution in [0.2, 0.25) is 5.02 Å². The van der Waals surface area contributed by atoms with Gasteiger partial charge in [-0.05, 0) is 50.4 Å². The van der Waals surface area contributed by atoms with Crippen molar-refractivity contribution in [2.24, 2.45) is 5.73 Å². The number of urea groups is 1. The van der Waals surface area contributed by atoms with Crippen molar-refractivity contribution in [3.8, 4) is 17.1 Å². The maximum atomic E-state index is 16.9. The topological polar surface area (TPSA) is 130 Å². The van der Waals surface area contributed by atoms with Gasteiger partial charge in [-0.25, -0.2) is 22.9 Å². The van der Waals surface area contributed by atoms with Crippen LogP contribution in [0.4, 0.5) is 28.9 Å². The van der Waals surface area contributed by atoms with Crippen LogP contribution in [0.15, 0.2) is 18.2 Å². The Hall–Kier alpha value is -3.66. The van der Waals surface area contributed by atoms with Crippen LogP contribution in [0.3, 0.4) is 0 Å². The van der Waals surface area contributed by atoms with Crippen molar-refractivity contribution in [2.75, 3.05) is 63.1 Å². The third kappa shape index (κ3) is 5.26. The van der Waals surface area contributed by atoms with Crippen LogP contribution in [-0.4, -0.2) is 106 Å². The molecule has 254 valence electrons. The number of rotatable bonds is 5. The second-order valence-electron chi connectivity index (χ2n) is 13.1. The standard InChI is InChI=1S/C32H35ClF3N9O2S/c33-20-13-19-25(24(36)23(20)18-3-4-21(35)27-26(18)39-29(38)48-27)40-30(47-16-32-6-1-9-44(32)15-17(34)14-32)41-28(19)42-7-2-8-43(12-11-42)31(46)45-10-5-22(45)37/h3-4,13,17,22H,1-2,5-12,14-16,37H2,(H2,38,39)/t17-,22+,32+/m1/s1. The molecule has 4 aliphatic rings. The van der Waals surface area contributed by atoms with E-state index in [1.165, 1.54) is 12.1 Å². The minimum atomic E-state index is -0.940. The molecule has 0 radical (unpaired) electrons. The first kappa shape index (κ1) is 31.6. The molecule has 6 heterocycles. The van der Waals surface area contributed by atoms with E-state index >= 15 is 4.39 Å². The lowest BCUT2D eigenvalue weighted by atomic mass is 9.95. The molecule has 0 saturated carbocycles. The predicted octanol–water partition coefficient (Wildman–Crippen LogP) is 5.00. The summed E-state index contributed by atoms with van der Waals surface area (Å²) in [6.07, 6.45) is 2.29. The average molecular weight is 702 g/mol. The molecule has 16 heteroatoms. The first-order chi connectivity index (χ1) is 23.1. The SMILES string of the molecule is Nc1nc2c(-c3c(Cl)cc4c(N5CCCN(C(=O)N6CC[C@H]6N)CC5)nc(OC[C@@]56CCCN5C[C@H](F)C6)nc4c3F)ccc(F)c2s1. The van der Waals surface area contributed by atoms with Crippen LogP contribution >= 0.6 is 22.9 Å². The minimum Gasteiger partial charge on any atom is -0.461 e. The maximum Gasteiger partial charge on any atom is 0.321 e. The Morgan fingerprint density at radius 1 is 1.08 bits per heavy atom. The van der Waals surface area contributed by atoms with Gasteiger partial charge in [0, 0.05) is 62.2 Å². The van der Waals surface area contributed by atoms with Gasteiger partial charge in [0.25, 0.3) is 0 Å². The smallest absolute Gasteiger partial charge is 0.321 e. The average Bonchev–Trinajstić information content (AvgIpc) is 3.65. The molecule has 4 aliphatic heterocycles. The first-order valence-corrected chi connectivity index (χ1v) is 17.4. The highest BCUT2D eigenvalue weighted by atomic mass is 35.5. The van der Waals surface area contributed by atoms with E-state index in [0.717, 1.165) is 37.1 Å². The van der Waals surface area contributed by atoms with Gasteiger partial charge >= 0.3 is 12.0 Å². The fourth-order valence-electron chi connectivity index (χ4n) is 7.70. The molecule has 2 amide bonds. The Balaban J connectivity index is 1.20. The lowest BCUT2D eigenvalue weighted by molar-refractivity contribution is 0.0889. The van der Waals surface area contributed by atoms with E-state index in [2.05, 4.69) is 14.9 Å². The molecule has 0 unspecified atom stereocenters. The number of nitrogens with two attached hydrogens (primary N) is 2. The van der Waals surface area contributed by atoms with Crippen LogP contribution in [0.1, 0.15) is 32.1 Å². The number of fused-ring (bicyclic) bond motifs is 3. The number of ether oxygens (including phenoxy) is 1. The van der Waals surface area contributed by atoms with Crippen LogP contribution in [0, 0.1) is 11.6 Å². The zero-order valence-electron chi connectivity index (χ0n) is 26.1. The number of carbonyl (C=O) groups is 1. The molecular weight excluding hydrogens is 667 g/mol. The van der Waals surface area contributed by atoms with Gasteiger partial charge < -0.3 is 30.9 Å². The number of nitrogen functional groups attached to an aromatic ring is 1. The van der Waals surface area contributed by atoms with Crippen molar-refractivity contribution < 1.29 is 22.7 Å². The highest BCUT2D eigenvalue weighted by Crippen LogP contribution is 2.44. The Morgan fingerprint density at radius 3 is 2.73 bits per heavy atom. The Bertz CT molecular complexity index is 1930. The Labute approximate surface area is 283 Å². The number of nitrogens with zero attached hydrogens (tertiary/aromatic N) is 7. The summed E-state index contributed by atoms with van der Waals surface area (Å²) in [5, 5.41) is 0.568. The van der Waals surface area contributed by atoms with Crippen molar-refractivity contribution >= 4 is 61.0 Å². The summed E-state index contributed by atoms with van der Waals surface area (Å²) < 4.78 is 52.5. The second kappa shape index (κ2) is 12.0. The molecule has 0 spiro atoms. The van der Waals surface area contributed by atoms with E-state index < -0.39 is 23.3 Å². The summed E-state index contributed by atoms with van der Waals surface area (Å²) in [5.74, 6) is -0.850. The van der Waals surface area contributed by atoms with Crippen LogP contribution in [0.25, 0.3) is 32.2 Å². The van der Waals surface area contributed by atoms with E-state index in [0.29, 0.717) is 63.3 Å². The molecule has 2 aromatic heterocycles. The van der Waals surface area contributed by atoms with Gasteiger partial charge in [-0.2, -0.15) is 9.97 Å². The summed E-state index contributed by atoms with van der Waals surface area (Å²) in [6.45, 7) is 3.84. The highest BCUT2D eigenvalue weighted by Gasteiger charge is 2.49. The largest absolute Gasteiger partial charge is 0.461 e. The Morgan fingerprint density at radius 2 is 1.94 bits per heavy atom. The number of aromatic nitrogens is 3. The van der Waals surface area contributed by atoms with Crippen molar-refractivity contribution in [3.63, 3.8) is 0 Å². The van der Waals surface area contributed by atoms with Crippen molar-refractivity contribution in [2.45, 2.75) is 50.0 Å². The summed E-state index contributed by atoms with van der Waals surface area (Å²) >= 11 is 7.79. The third-order valence-corrected chi connectivity index (χ3v) is 11.4. The van der Waals surface area contributed by atoms with E-state index in [1.807, 2.05) is 4.90 Å². The number of hydrogen-bond acceptors (Lipinski definition) is 10. The van der Waals surface area contributed by atoms with E-state index in [4.69, 9.17) is 32.8 Å². The molecular formula is C32H35ClF3N9O2S. The summed E-state index contributed by atoms with van der Waals surface area (Å²) in [7, 11) is 0. The number of thiazole rings is 1. The molecule has 0 aliphatic carbocycles. The number of likely N-dealkylation sites (tertiary alicyclic amines) is 1. The van der Waals surface area contributed by atoms with Crippen molar-refractivity contribution in [3.05, 3.63) is 34.9 Å². The van der Waals surface area contributed by atoms with E-state index in [1.54, 1.807) is 15.9 Å². The van der Waals surface area contributed by atoms with Crippen LogP contribution in [0.5, 0.6) is 6.01 Å². The number of alkyl halides is 1. The highest BCUT2D eigenvalue weighted by molar-refractivity contribution is 7.22. The number of carbonyl (C=O) groups excluding carboxylic acids is 1. The lowest BCUT2D eigenvalue weighted by Gasteiger charge is -2.41. The number of anilines is 2. The van der Waals surface area contributed by atoms with Gasteiger partial charge in [-0.15, -0.1) is 0 Å². The lowest BCUT2D eigenvalue weighted by Crippen LogP contribution is -2.60. The molecule has 4 aromatic rings. The molecule has 3 atom stereocenters. The summed E-state index contributed by atoms with van der Waals surface area (Å²) in [5.41, 5.74) is 11.9. The fraction of sp³-hybridized carbons (Fsp3) is 0.500.